The molecule has 7 heterocycles. The highest BCUT2D eigenvalue weighted by atomic mass is 16.5. The van der Waals surface area contributed by atoms with Crippen LogP contribution in [-0.2, 0) is 37.2 Å². The fraction of sp³-hybridized carbons (Fsp3) is 0.528. The van der Waals surface area contributed by atoms with Crippen molar-refractivity contribution in [3.05, 3.63) is 154 Å². The normalized spacial score (nSPS) is 21.6. The van der Waals surface area contributed by atoms with E-state index in [1.165, 1.54) is 40.8 Å². The second-order valence-electron chi connectivity index (χ2n) is 34.5. The van der Waals surface area contributed by atoms with E-state index in [0.717, 1.165) is 116 Å². The molecule has 26 nitrogen and oxygen atoms in total. The van der Waals surface area contributed by atoms with Gasteiger partial charge in [0, 0.05) is 93.6 Å². The van der Waals surface area contributed by atoms with Crippen LogP contribution in [-0.4, -0.2) is 141 Å². The van der Waals surface area contributed by atoms with Gasteiger partial charge in [0.05, 0.1) is 49.4 Å². The lowest BCUT2D eigenvalue weighted by atomic mass is 9.68. The van der Waals surface area contributed by atoms with Crippen LogP contribution in [0.15, 0.2) is 108 Å². The third kappa shape index (κ3) is 23.6. The van der Waals surface area contributed by atoms with E-state index in [9.17, 15) is 20.9 Å². The standard InChI is InChI=1S/C25H31N5.C24H30N5O.C20H29N7O2.C20H28N6.4H2/c1-17-8-9-22(14-25(17,2)3)29-23-21(15-26)16-28-24(30-23)27-11-10-18-12-19-6-4-5-7-20(19)13-18;1-4-17-16-26-23(25-12-14-29-13-11-18-7-5-6-8-20(18)29)28-22(17)27-19-9-10-21(30)24(2,3)15-19;1-13-5-6-15(9-20(13,2)3)24-18-14(10-21)11-23-19(26-18)22-8-7-17-25-16(12-28-4)27-29-17;1-15-6-7-17(12-20(15,2)3)24-18-16(13-21)14-23-19(25-18)22-8-11-26-9-4-5-10-26;;;;/h4-7,12,16-17,22H,8-11,13-14H2,1-3H3,(H2,27,28,29,30);1,5-8,13,16,19,21,30H,9-12,14-15H2,2-3H3,(H2,25,26,27,28);11,13,15H,5-9,12H2,1-4H3,(H2,22,23,24,26);4-5,9-10,14-15,17H,6-8,11-12H2,1-3H3,(H2,22,23,24,25);4*1H/q;+1;;;;;;/t17-,22+;19-,21+;13-,15+;15-,17+;;;;/m0100..../s1. The molecule has 8 atom stereocenters. The number of terminal acetylenes is 1. The minimum Gasteiger partial charge on any atom is -0.393 e. The zero-order chi connectivity index (χ0) is 81.7. The van der Waals surface area contributed by atoms with Gasteiger partial charge in [0.1, 0.15) is 64.8 Å². The van der Waals surface area contributed by atoms with E-state index in [4.69, 9.17) is 15.7 Å². The van der Waals surface area contributed by atoms with Gasteiger partial charge < -0.3 is 61.5 Å². The number of para-hydroxylation sites is 1. The molecule has 0 bridgehead atoms. The molecule has 26 heteroatoms. The summed E-state index contributed by atoms with van der Waals surface area (Å²) in [5.74, 6) is 10.6. The van der Waals surface area contributed by atoms with Gasteiger partial charge in [-0.05, 0) is 153 Å². The first-order valence-corrected chi connectivity index (χ1v) is 41.0. The van der Waals surface area contributed by atoms with Crippen molar-refractivity contribution in [3.8, 4) is 30.6 Å². The molecule has 9 N–H and O–H groups in total. The first kappa shape index (κ1) is 84.8. The van der Waals surface area contributed by atoms with Crippen molar-refractivity contribution >= 4 is 65.0 Å². The number of nitrogens with zero attached hydrogens (tertiary/aromatic N) is 15. The highest BCUT2D eigenvalue weighted by Gasteiger charge is 2.39. The SMILES string of the molecule is C#Cc1cnc(NCC[N+]2=CCc3ccccc32)nc1N[C@@H]1CC[C@H](O)C(C)(C)C1.COCc1noc(CCNc2ncc(C#N)c(N[C@@H]3CC[C@H](C)C(C)(C)C3)n2)n1.C[C@H]1CC[C@@H](Nc2nc(NCCC3=Cc4ccccc4C3)ncc2C#N)CC1(C)C.C[C@H]1CC[C@@H](Nc2nc(NCCn3cccc3)ncc2C#N)CC1(C)C.[HH].[HH].[HH].[HH]. The second-order valence-corrected chi connectivity index (χ2v) is 34.5. The minimum absolute atomic E-state index is 0. The van der Waals surface area contributed by atoms with E-state index >= 15 is 0 Å². The predicted molar refractivity (Wildman–Crippen MR) is 463 cm³/mol. The molecule has 8 aromatic rings. The summed E-state index contributed by atoms with van der Waals surface area (Å²) in [6, 6.07) is 28.9. The van der Waals surface area contributed by atoms with Crippen molar-refractivity contribution in [2.24, 2.45) is 39.4 Å². The van der Waals surface area contributed by atoms with E-state index in [1.807, 2.05) is 24.5 Å². The Hall–Kier alpha value is -11.1. The Bertz CT molecular complexity index is 4810. The fourth-order valence-electron chi connectivity index (χ4n) is 16.2. The van der Waals surface area contributed by atoms with E-state index in [1.54, 1.807) is 31.9 Å². The number of aromatic nitrogens is 11. The average Bonchev–Trinajstić information content (AvgIpc) is 1.57. The van der Waals surface area contributed by atoms with Crippen molar-refractivity contribution in [3.63, 3.8) is 0 Å². The van der Waals surface area contributed by atoms with Gasteiger partial charge in [-0.1, -0.05) is 141 Å². The molecular weight excluding hydrogens is 1440 g/mol. The van der Waals surface area contributed by atoms with Crippen LogP contribution in [0.3, 0.4) is 0 Å². The lowest BCUT2D eigenvalue weighted by Gasteiger charge is -2.41. The summed E-state index contributed by atoms with van der Waals surface area (Å²) >= 11 is 0. The highest BCUT2D eigenvalue weighted by molar-refractivity contribution is 5.67. The maximum absolute atomic E-state index is 10.2. The lowest BCUT2D eigenvalue weighted by Crippen LogP contribution is -2.41. The Kier molecular flexibility index (Phi) is 29.0. The number of anilines is 8. The van der Waals surface area contributed by atoms with Gasteiger partial charge in [-0.15, -0.1) is 6.42 Å². The quantitative estimate of drug-likeness (QED) is 0.0180. The van der Waals surface area contributed by atoms with Crippen LogP contribution in [0.25, 0.3) is 6.08 Å². The largest absolute Gasteiger partial charge is 0.393 e. The molecule has 0 spiro atoms. The Labute approximate surface area is 685 Å². The van der Waals surface area contributed by atoms with Crippen LogP contribution in [0.4, 0.5) is 52.8 Å². The molecule has 2 aromatic carbocycles. The van der Waals surface area contributed by atoms with Crippen LogP contribution < -0.4 is 42.5 Å². The number of ether oxygens (including phenoxy) is 1. The Balaban J connectivity index is 0.000000217. The van der Waals surface area contributed by atoms with Crippen LogP contribution in [0, 0.1) is 85.8 Å². The average molecular weight is 1570 g/mol. The van der Waals surface area contributed by atoms with Crippen LogP contribution in [0.1, 0.15) is 216 Å². The molecule has 14 rings (SSSR count). The summed E-state index contributed by atoms with van der Waals surface area (Å²) in [7, 11) is 1.58. The van der Waals surface area contributed by atoms with Gasteiger partial charge in [-0.25, -0.2) is 24.5 Å². The van der Waals surface area contributed by atoms with Gasteiger partial charge in [0.25, 0.3) is 0 Å². The summed E-state index contributed by atoms with van der Waals surface area (Å²) < 4.78 is 14.5. The number of hydrogen-bond donors (Lipinski definition) is 9. The summed E-state index contributed by atoms with van der Waals surface area (Å²) in [5, 5.41) is 69.4. The molecule has 6 aromatic heterocycles. The molecule has 614 valence electrons. The van der Waals surface area contributed by atoms with Gasteiger partial charge in [-0.2, -0.15) is 40.7 Å². The minimum atomic E-state index is -0.266. The molecule has 0 unspecified atom stereocenters. The van der Waals surface area contributed by atoms with Crippen molar-refractivity contribution in [1.82, 2.24) is 54.6 Å². The molecule has 0 radical (unpaired) electrons. The van der Waals surface area contributed by atoms with Gasteiger partial charge in [0.15, 0.2) is 18.6 Å². The molecule has 115 heavy (non-hydrogen) atoms. The summed E-state index contributed by atoms with van der Waals surface area (Å²) in [6.07, 6.45) is 36.5. The van der Waals surface area contributed by atoms with E-state index in [-0.39, 0.29) is 28.7 Å². The molecule has 0 amide bonds. The van der Waals surface area contributed by atoms with Crippen molar-refractivity contribution in [2.75, 3.05) is 82.4 Å². The predicted octanol–water partition coefficient (Wildman–Crippen LogP) is 16.6. The number of methoxy groups -OCH3 is 1. The first-order valence-electron chi connectivity index (χ1n) is 41.0. The maximum atomic E-state index is 10.2. The van der Waals surface area contributed by atoms with Crippen molar-refractivity contribution in [1.29, 1.82) is 15.8 Å². The number of nitrogens with one attached hydrogen (secondary N) is 8. The molecular formula is C89H126N23O3+. The number of benzene rings is 2. The molecule has 4 fully saturated rings. The zero-order valence-electron chi connectivity index (χ0n) is 69.3. The first-order chi connectivity index (χ1) is 55.3. The molecule has 5 aliphatic carbocycles. The van der Waals surface area contributed by atoms with Gasteiger partial charge in [-0.3, -0.25) is 0 Å². The molecule has 4 saturated carbocycles. The number of rotatable bonds is 26. The second kappa shape index (κ2) is 39.3. The lowest BCUT2D eigenvalue weighted by molar-refractivity contribution is -0.428. The zero-order valence-corrected chi connectivity index (χ0v) is 69.3. The van der Waals surface area contributed by atoms with E-state index in [0.29, 0.717) is 147 Å². The summed E-state index contributed by atoms with van der Waals surface area (Å²) in [4.78, 5) is 39.8. The van der Waals surface area contributed by atoms with Crippen LogP contribution >= 0.6 is 0 Å². The molecule has 1 aliphatic heterocycles. The maximum Gasteiger partial charge on any atom is 0.228 e. The fourth-order valence-corrected chi connectivity index (χ4v) is 16.2. The van der Waals surface area contributed by atoms with E-state index in [2.05, 4.69) is 263 Å². The third-order valence-corrected chi connectivity index (χ3v) is 24.4. The Morgan fingerprint density at radius 1 is 0.548 bits per heavy atom. The summed E-state index contributed by atoms with van der Waals surface area (Å²) in [6.45, 7) is 29.9. The van der Waals surface area contributed by atoms with Crippen LogP contribution in [0.2, 0.25) is 0 Å². The van der Waals surface area contributed by atoms with E-state index < -0.39 is 0 Å². The number of nitriles is 3. The third-order valence-electron chi connectivity index (χ3n) is 24.4. The number of aliphatic hydroxyl groups is 1. The van der Waals surface area contributed by atoms with Gasteiger partial charge in [0.2, 0.25) is 35.4 Å². The topological polar surface area (TPSA) is 347 Å². The van der Waals surface area contributed by atoms with Crippen LogP contribution in [0.5, 0.6) is 0 Å². The summed E-state index contributed by atoms with van der Waals surface area (Å²) in [5.41, 5.74) is 9.64. The highest BCUT2D eigenvalue weighted by Crippen LogP contribution is 2.44. The van der Waals surface area contributed by atoms with Gasteiger partial charge >= 0.3 is 0 Å². The Morgan fingerprint density at radius 2 is 0.991 bits per heavy atom. The monoisotopic (exact) mass is 1570 g/mol. The smallest absolute Gasteiger partial charge is 0.228 e. The molecule has 0 saturated heterocycles. The number of fused-ring (bicyclic) bond motifs is 2. The molecule has 6 aliphatic rings. The van der Waals surface area contributed by atoms with Crippen molar-refractivity contribution < 1.29 is 24.6 Å². The Morgan fingerprint density at radius 3 is 1.47 bits per heavy atom. The number of hydrogen-bond acceptors (Lipinski definition) is 24. The van der Waals surface area contributed by atoms with Crippen molar-refractivity contribution in [2.45, 2.75) is 222 Å². The number of aliphatic hydroxyl groups excluding tert-OH is 1.